The number of amides is 1. The van der Waals surface area contributed by atoms with Crippen LogP contribution < -0.4 is 11.1 Å². The second kappa shape index (κ2) is 7.03. The van der Waals surface area contributed by atoms with Crippen molar-refractivity contribution in [2.75, 3.05) is 13.1 Å². The van der Waals surface area contributed by atoms with Gasteiger partial charge in [0.2, 0.25) is 0 Å². The Labute approximate surface area is 123 Å². The van der Waals surface area contributed by atoms with Crippen molar-refractivity contribution in [2.24, 2.45) is 5.73 Å². The molecule has 0 heterocycles. The predicted octanol–water partition coefficient (Wildman–Crippen LogP) is 2.16. The molecule has 1 aromatic carbocycles. The molecule has 0 spiro atoms. The SMILES string of the molecule is CC(C)(C)OC(=O)NCC(CN)c1ccc([N+](=O)[O-])cc1. The molecule has 1 atom stereocenters. The molecular formula is C14H21N3O4. The van der Waals surface area contributed by atoms with Crippen LogP contribution in [0.1, 0.15) is 32.3 Å². The Balaban J connectivity index is 2.62. The molecular weight excluding hydrogens is 274 g/mol. The first kappa shape index (κ1) is 16.9. The van der Waals surface area contributed by atoms with Crippen LogP contribution in [-0.2, 0) is 4.74 Å². The lowest BCUT2D eigenvalue weighted by atomic mass is 9.99. The first-order valence-electron chi connectivity index (χ1n) is 6.64. The van der Waals surface area contributed by atoms with E-state index in [2.05, 4.69) is 5.32 Å². The van der Waals surface area contributed by atoms with Gasteiger partial charge in [0.15, 0.2) is 0 Å². The number of nitrogens with two attached hydrogens (primary N) is 1. The summed E-state index contributed by atoms with van der Waals surface area (Å²) in [5, 5.41) is 13.3. The van der Waals surface area contributed by atoms with Crippen molar-refractivity contribution < 1.29 is 14.5 Å². The van der Waals surface area contributed by atoms with Crippen LogP contribution in [0, 0.1) is 10.1 Å². The number of hydrogen-bond acceptors (Lipinski definition) is 5. The summed E-state index contributed by atoms with van der Waals surface area (Å²) in [4.78, 5) is 21.7. The van der Waals surface area contributed by atoms with Crippen molar-refractivity contribution in [2.45, 2.75) is 32.3 Å². The third kappa shape index (κ3) is 5.78. The summed E-state index contributed by atoms with van der Waals surface area (Å²) in [5.41, 5.74) is 5.99. The minimum Gasteiger partial charge on any atom is -0.444 e. The van der Waals surface area contributed by atoms with Gasteiger partial charge in [-0.15, -0.1) is 0 Å². The zero-order valence-electron chi connectivity index (χ0n) is 12.5. The molecule has 1 rings (SSSR count). The molecule has 1 aromatic rings. The molecule has 0 fully saturated rings. The molecule has 1 amide bonds. The number of non-ortho nitro benzene ring substituents is 1. The van der Waals surface area contributed by atoms with Crippen LogP contribution in [0.5, 0.6) is 0 Å². The van der Waals surface area contributed by atoms with Gasteiger partial charge in [0.05, 0.1) is 4.92 Å². The fourth-order valence-corrected chi connectivity index (χ4v) is 1.73. The van der Waals surface area contributed by atoms with E-state index in [1.807, 2.05) is 0 Å². The third-order valence-corrected chi connectivity index (χ3v) is 2.75. The second-order valence-corrected chi connectivity index (χ2v) is 5.66. The fourth-order valence-electron chi connectivity index (χ4n) is 1.73. The number of nitrogens with zero attached hydrogens (tertiary/aromatic N) is 1. The number of benzene rings is 1. The summed E-state index contributed by atoms with van der Waals surface area (Å²) in [6, 6.07) is 6.13. The van der Waals surface area contributed by atoms with Gasteiger partial charge in [-0.25, -0.2) is 4.79 Å². The number of nitro benzene ring substituents is 1. The number of nitrogens with one attached hydrogen (secondary N) is 1. The van der Waals surface area contributed by atoms with Crippen molar-refractivity contribution in [1.82, 2.24) is 5.32 Å². The zero-order valence-corrected chi connectivity index (χ0v) is 12.5. The smallest absolute Gasteiger partial charge is 0.407 e. The van der Waals surface area contributed by atoms with E-state index >= 15 is 0 Å². The Morgan fingerprint density at radius 1 is 1.38 bits per heavy atom. The van der Waals surface area contributed by atoms with Crippen LogP contribution in [-0.4, -0.2) is 29.7 Å². The number of carbonyl (C=O) groups excluding carboxylic acids is 1. The van der Waals surface area contributed by atoms with Gasteiger partial charge in [-0.1, -0.05) is 12.1 Å². The third-order valence-electron chi connectivity index (χ3n) is 2.75. The van der Waals surface area contributed by atoms with E-state index in [9.17, 15) is 14.9 Å². The topological polar surface area (TPSA) is 107 Å². The van der Waals surface area contributed by atoms with Gasteiger partial charge in [-0.05, 0) is 26.3 Å². The summed E-state index contributed by atoms with van der Waals surface area (Å²) < 4.78 is 5.14. The molecule has 1 unspecified atom stereocenters. The zero-order chi connectivity index (χ0) is 16.0. The van der Waals surface area contributed by atoms with Crippen LogP contribution in [0.2, 0.25) is 0 Å². The van der Waals surface area contributed by atoms with E-state index in [-0.39, 0.29) is 11.6 Å². The van der Waals surface area contributed by atoms with E-state index in [1.165, 1.54) is 12.1 Å². The molecule has 7 nitrogen and oxygen atoms in total. The van der Waals surface area contributed by atoms with Crippen LogP contribution in [0.3, 0.4) is 0 Å². The van der Waals surface area contributed by atoms with Gasteiger partial charge in [-0.2, -0.15) is 0 Å². The highest BCUT2D eigenvalue weighted by atomic mass is 16.6. The molecule has 3 N–H and O–H groups in total. The monoisotopic (exact) mass is 295 g/mol. The Morgan fingerprint density at radius 2 is 1.95 bits per heavy atom. The molecule has 0 aromatic heterocycles. The van der Waals surface area contributed by atoms with Crippen LogP contribution >= 0.6 is 0 Å². The van der Waals surface area contributed by atoms with E-state index in [0.29, 0.717) is 13.1 Å². The Kier molecular flexibility index (Phi) is 5.66. The molecule has 116 valence electrons. The highest BCUT2D eigenvalue weighted by Gasteiger charge is 2.18. The van der Waals surface area contributed by atoms with Gasteiger partial charge in [-0.3, -0.25) is 10.1 Å². The average Bonchev–Trinajstić information content (AvgIpc) is 2.38. The number of rotatable bonds is 5. The first-order valence-corrected chi connectivity index (χ1v) is 6.64. The van der Waals surface area contributed by atoms with Crippen molar-refractivity contribution in [3.8, 4) is 0 Å². The number of carbonyl (C=O) groups is 1. The van der Waals surface area contributed by atoms with Gasteiger partial charge >= 0.3 is 6.09 Å². The minimum absolute atomic E-state index is 0.0228. The maximum Gasteiger partial charge on any atom is 0.407 e. The molecule has 21 heavy (non-hydrogen) atoms. The standard InChI is InChI=1S/C14H21N3O4/c1-14(2,3)21-13(18)16-9-11(8-15)10-4-6-12(7-5-10)17(19)20/h4-7,11H,8-9,15H2,1-3H3,(H,16,18). The van der Waals surface area contributed by atoms with E-state index in [4.69, 9.17) is 10.5 Å². The van der Waals surface area contributed by atoms with Crippen LogP contribution in [0.15, 0.2) is 24.3 Å². The normalized spacial score (nSPS) is 12.6. The summed E-state index contributed by atoms with van der Waals surface area (Å²) in [5.74, 6) is -0.127. The van der Waals surface area contributed by atoms with Gasteiger partial charge in [0, 0.05) is 31.1 Å². The van der Waals surface area contributed by atoms with E-state index < -0.39 is 16.6 Å². The van der Waals surface area contributed by atoms with Crippen molar-refractivity contribution in [1.29, 1.82) is 0 Å². The molecule has 0 aliphatic carbocycles. The lowest BCUT2D eigenvalue weighted by molar-refractivity contribution is -0.384. The fraction of sp³-hybridized carbons (Fsp3) is 0.500. The second-order valence-electron chi connectivity index (χ2n) is 5.66. The van der Waals surface area contributed by atoms with Gasteiger partial charge < -0.3 is 15.8 Å². The Morgan fingerprint density at radius 3 is 2.38 bits per heavy atom. The predicted molar refractivity (Wildman–Crippen MR) is 79.1 cm³/mol. The van der Waals surface area contributed by atoms with E-state index in [0.717, 1.165) is 5.56 Å². The molecule has 7 heteroatoms. The molecule has 0 saturated carbocycles. The summed E-state index contributed by atoms with van der Waals surface area (Å²) >= 11 is 0. The highest BCUT2D eigenvalue weighted by Crippen LogP contribution is 2.18. The van der Waals surface area contributed by atoms with Gasteiger partial charge in [0.25, 0.3) is 5.69 Å². The molecule has 0 bridgehead atoms. The largest absolute Gasteiger partial charge is 0.444 e. The lowest BCUT2D eigenvalue weighted by Crippen LogP contribution is -2.36. The molecule has 0 radical (unpaired) electrons. The quantitative estimate of drug-likeness (QED) is 0.639. The minimum atomic E-state index is -0.560. The summed E-state index contributed by atoms with van der Waals surface area (Å²) in [6.45, 7) is 5.97. The first-order chi connectivity index (χ1) is 9.73. The number of nitro groups is 1. The maximum absolute atomic E-state index is 11.6. The Bertz CT molecular complexity index is 494. The summed E-state index contributed by atoms with van der Waals surface area (Å²) in [6.07, 6.45) is -0.511. The lowest BCUT2D eigenvalue weighted by Gasteiger charge is -2.21. The number of hydrogen-bond donors (Lipinski definition) is 2. The number of ether oxygens (including phenoxy) is 1. The van der Waals surface area contributed by atoms with E-state index in [1.54, 1.807) is 32.9 Å². The van der Waals surface area contributed by atoms with Gasteiger partial charge in [0.1, 0.15) is 5.60 Å². The van der Waals surface area contributed by atoms with Crippen molar-refractivity contribution in [3.05, 3.63) is 39.9 Å². The van der Waals surface area contributed by atoms with Crippen molar-refractivity contribution in [3.63, 3.8) is 0 Å². The highest BCUT2D eigenvalue weighted by molar-refractivity contribution is 5.67. The summed E-state index contributed by atoms with van der Waals surface area (Å²) in [7, 11) is 0. The maximum atomic E-state index is 11.6. The molecule has 0 saturated heterocycles. The van der Waals surface area contributed by atoms with Crippen LogP contribution in [0.4, 0.5) is 10.5 Å². The van der Waals surface area contributed by atoms with Crippen molar-refractivity contribution >= 4 is 11.8 Å². The molecule has 0 aliphatic heterocycles. The average molecular weight is 295 g/mol. The van der Waals surface area contributed by atoms with Crippen LogP contribution in [0.25, 0.3) is 0 Å². The molecule has 0 aliphatic rings. The Hall–Kier alpha value is -2.15. The number of alkyl carbamates (subject to hydrolysis) is 1.